The highest BCUT2D eigenvalue weighted by atomic mass is 16.2. The van der Waals surface area contributed by atoms with Crippen LogP contribution in [0.15, 0.2) is 65.3 Å². The number of amidine groups is 1. The average Bonchev–Trinajstić information content (AvgIpc) is 2.90. The predicted molar refractivity (Wildman–Crippen MR) is 89.9 cm³/mol. The molecule has 1 heterocycles. The summed E-state index contributed by atoms with van der Waals surface area (Å²) in [5, 5.41) is 2.80. The van der Waals surface area contributed by atoms with Crippen molar-refractivity contribution < 1.29 is 4.79 Å². The Kier molecular flexibility index (Phi) is 3.74. The van der Waals surface area contributed by atoms with Crippen LogP contribution in [0.4, 0.5) is 5.69 Å². The second-order valence-electron chi connectivity index (χ2n) is 5.30. The summed E-state index contributed by atoms with van der Waals surface area (Å²) < 4.78 is 0. The average molecular weight is 291 g/mol. The van der Waals surface area contributed by atoms with Crippen molar-refractivity contribution in [3.05, 3.63) is 71.4 Å². The number of amides is 1. The third-order valence-corrected chi connectivity index (χ3v) is 3.46. The molecule has 3 rings (SSSR count). The molecular weight excluding hydrogens is 274 g/mol. The van der Waals surface area contributed by atoms with Crippen LogP contribution in [0.1, 0.15) is 11.1 Å². The molecule has 4 heteroatoms. The minimum absolute atomic E-state index is 0.171. The fourth-order valence-corrected chi connectivity index (χ4v) is 2.23. The fraction of sp³-hybridized carbons (Fsp3) is 0.111. The number of carbonyl (C=O) groups excluding carboxylic acids is 1. The number of carbonyl (C=O) groups is 1. The minimum Gasteiger partial charge on any atom is -0.378 e. The topological polar surface area (TPSA) is 44.7 Å². The van der Waals surface area contributed by atoms with E-state index in [4.69, 9.17) is 0 Å². The number of benzene rings is 2. The van der Waals surface area contributed by atoms with Crippen molar-refractivity contribution in [3.63, 3.8) is 0 Å². The SMILES string of the molecule is CN(C)c1ccc(/C=C2/N=C(c3ccccc3)NC2=O)cc1. The van der Waals surface area contributed by atoms with Gasteiger partial charge in [0.05, 0.1) is 0 Å². The highest BCUT2D eigenvalue weighted by molar-refractivity contribution is 6.19. The van der Waals surface area contributed by atoms with Crippen molar-refractivity contribution in [2.75, 3.05) is 19.0 Å². The first-order chi connectivity index (χ1) is 10.6. The van der Waals surface area contributed by atoms with Gasteiger partial charge in [0.25, 0.3) is 5.91 Å². The van der Waals surface area contributed by atoms with E-state index in [2.05, 4.69) is 10.3 Å². The lowest BCUT2D eigenvalue weighted by atomic mass is 10.1. The van der Waals surface area contributed by atoms with E-state index in [9.17, 15) is 4.79 Å². The Labute approximate surface area is 129 Å². The Bertz CT molecular complexity index is 744. The van der Waals surface area contributed by atoms with Crippen LogP contribution in [-0.4, -0.2) is 25.8 Å². The Morgan fingerprint density at radius 3 is 2.32 bits per heavy atom. The molecule has 0 saturated carbocycles. The van der Waals surface area contributed by atoms with Crippen LogP contribution in [0.3, 0.4) is 0 Å². The standard InChI is InChI=1S/C18H17N3O/c1-21(2)15-10-8-13(9-11-15)12-16-18(22)20-17(19-16)14-6-4-3-5-7-14/h3-12H,1-2H3,(H,19,20,22)/b16-12+. The monoisotopic (exact) mass is 291 g/mol. The van der Waals surface area contributed by atoms with Gasteiger partial charge in [-0.05, 0) is 23.8 Å². The van der Waals surface area contributed by atoms with Crippen LogP contribution < -0.4 is 10.2 Å². The maximum Gasteiger partial charge on any atom is 0.275 e. The zero-order valence-electron chi connectivity index (χ0n) is 12.6. The van der Waals surface area contributed by atoms with Gasteiger partial charge >= 0.3 is 0 Å². The van der Waals surface area contributed by atoms with Crippen molar-refractivity contribution >= 4 is 23.5 Å². The molecule has 1 aliphatic rings. The summed E-state index contributed by atoms with van der Waals surface area (Å²) >= 11 is 0. The maximum atomic E-state index is 12.0. The van der Waals surface area contributed by atoms with Crippen LogP contribution in [0.5, 0.6) is 0 Å². The number of rotatable bonds is 3. The molecule has 1 amide bonds. The van der Waals surface area contributed by atoms with Crippen LogP contribution in [-0.2, 0) is 4.79 Å². The number of nitrogens with one attached hydrogen (secondary N) is 1. The van der Waals surface area contributed by atoms with Gasteiger partial charge < -0.3 is 10.2 Å². The molecule has 0 spiro atoms. The van der Waals surface area contributed by atoms with Crippen molar-refractivity contribution in [1.82, 2.24) is 5.32 Å². The molecule has 0 aromatic heterocycles. The fourth-order valence-electron chi connectivity index (χ4n) is 2.23. The van der Waals surface area contributed by atoms with E-state index in [1.165, 1.54) is 0 Å². The van der Waals surface area contributed by atoms with Crippen LogP contribution in [0.25, 0.3) is 6.08 Å². The first-order valence-corrected chi connectivity index (χ1v) is 7.08. The second-order valence-corrected chi connectivity index (χ2v) is 5.30. The Balaban J connectivity index is 1.87. The normalized spacial score (nSPS) is 15.6. The minimum atomic E-state index is -0.171. The third kappa shape index (κ3) is 2.91. The molecule has 0 atom stereocenters. The van der Waals surface area contributed by atoms with Gasteiger partial charge in [-0.1, -0.05) is 42.5 Å². The molecule has 22 heavy (non-hydrogen) atoms. The summed E-state index contributed by atoms with van der Waals surface area (Å²) in [7, 11) is 3.99. The van der Waals surface area contributed by atoms with E-state index in [0.29, 0.717) is 11.5 Å². The van der Waals surface area contributed by atoms with Gasteiger partial charge in [-0.15, -0.1) is 0 Å². The molecule has 110 valence electrons. The zero-order chi connectivity index (χ0) is 15.5. The second kappa shape index (κ2) is 5.85. The van der Waals surface area contributed by atoms with Crippen molar-refractivity contribution in [2.24, 2.45) is 4.99 Å². The molecule has 0 unspecified atom stereocenters. The van der Waals surface area contributed by atoms with Gasteiger partial charge in [-0.3, -0.25) is 4.79 Å². The van der Waals surface area contributed by atoms with Gasteiger partial charge in [-0.25, -0.2) is 4.99 Å². The molecule has 0 saturated heterocycles. The predicted octanol–water partition coefficient (Wildman–Crippen LogP) is 2.67. The van der Waals surface area contributed by atoms with E-state index in [1.807, 2.05) is 73.6 Å². The highest BCUT2D eigenvalue weighted by Crippen LogP contribution is 2.17. The number of hydrogen-bond donors (Lipinski definition) is 1. The number of aliphatic imine (C=N–C) groups is 1. The highest BCUT2D eigenvalue weighted by Gasteiger charge is 2.20. The summed E-state index contributed by atoms with van der Waals surface area (Å²) in [5.41, 5.74) is 3.40. The quantitative estimate of drug-likeness (QED) is 0.884. The van der Waals surface area contributed by atoms with Crippen LogP contribution >= 0.6 is 0 Å². The van der Waals surface area contributed by atoms with Crippen molar-refractivity contribution in [3.8, 4) is 0 Å². The van der Waals surface area contributed by atoms with E-state index < -0.39 is 0 Å². The molecule has 0 aliphatic carbocycles. The maximum absolute atomic E-state index is 12.0. The van der Waals surface area contributed by atoms with Gasteiger partial charge in [-0.2, -0.15) is 0 Å². The van der Waals surface area contributed by atoms with E-state index >= 15 is 0 Å². The van der Waals surface area contributed by atoms with Crippen molar-refractivity contribution in [2.45, 2.75) is 0 Å². The summed E-state index contributed by atoms with van der Waals surface area (Å²) in [6.45, 7) is 0. The Morgan fingerprint density at radius 2 is 1.68 bits per heavy atom. The molecule has 2 aromatic rings. The molecule has 2 aromatic carbocycles. The van der Waals surface area contributed by atoms with E-state index in [1.54, 1.807) is 6.08 Å². The molecule has 1 N–H and O–H groups in total. The molecule has 0 fully saturated rings. The largest absolute Gasteiger partial charge is 0.378 e. The van der Waals surface area contributed by atoms with Gasteiger partial charge in [0.2, 0.25) is 0 Å². The molecule has 1 aliphatic heterocycles. The van der Waals surface area contributed by atoms with Crippen molar-refractivity contribution in [1.29, 1.82) is 0 Å². The first kappa shape index (κ1) is 14.1. The molecular formula is C18H17N3O. The zero-order valence-corrected chi connectivity index (χ0v) is 12.6. The summed E-state index contributed by atoms with van der Waals surface area (Å²) in [6.07, 6.45) is 1.80. The summed E-state index contributed by atoms with van der Waals surface area (Å²) in [5.74, 6) is 0.428. The van der Waals surface area contributed by atoms with E-state index in [0.717, 1.165) is 16.8 Å². The van der Waals surface area contributed by atoms with E-state index in [-0.39, 0.29) is 5.91 Å². The van der Waals surface area contributed by atoms with Crippen LogP contribution in [0, 0.1) is 0 Å². The lowest BCUT2D eigenvalue weighted by Gasteiger charge is -2.11. The lowest BCUT2D eigenvalue weighted by molar-refractivity contribution is -0.115. The molecule has 0 radical (unpaired) electrons. The van der Waals surface area contributed by atoms with Gasteiger partial charge in [0.1, 0.15) is 11.5 Å². The molecule has 4 nitrogen and oxygen atoms in total. The van der Waals surface area contributed by atoms with Gasteiger partial charge in [0.15, 0.2) is 0 Å². The van der Waals surface area contributed by atoms with Gasteiger partial charge in [0, 0.05) is 25.3 Å². The summed E-state index contributed by atoms with van der Waals surface area (Å²) in [4.78, 5) is 18.5. The number of hydrogen-bond acceptors (Lipinski definition) is 3. The number of anilines is 1. The molecule has 0 bridgehead atoms. The van der Waals surface area contributed by atoms with Crippen LogP contribution in [0.2, 0.25) is 0 Å². The number of nitrogens with zero attached hydrogens (tertiary/aromatic N) is 2. The lowest BCUT2D eigenvalue weighted by Crippen LogP contribution is -2.24. The summed E-state index contributed by atoms with van der Waals surface area (Å²) in [6, 6.07) is 17.6. The Hall–Kier alpha value is -2.88. The first-order valence-electron chi connectivity index (χ1n) is 7.08. The Morgan fingerprint density at radius 1 is 1.00 bits per heavy atom. The third-order valence-electron chi connectivity index (χ3n) is 3.46. The smallest absolute Gasteiger partial charge is 0.275 e.